The van der Waals surface area contributed by atoms with Gasteiger partial charge in [-0.15, -0.1) is 0 Å². The molecule has 0 bridgehead atoms. The van der Waals surface area contributed by atoms with Crippen molar-refractivity contribution in [2.45, 2.75) is 6.54 Å². The van der Waals surface area contributed by atoms with Crippen LogP contribution in [0.1, 0.15) is 15.9 Å². The van der Waals surface area contributed by atoms with Crippen LogP contribution < -0.4 is 11.1 Å². The average molecular weight is 262 g/mol. The van der Waals surface area contributed by atoms with Gasteiger partial charge >= 0.3 is 0 Å². The Morgan fingerprint density at radius 3 is 2.47 bits per heavy atom. The fraction of sp³-hybridized carbons (Fsp3) is 0.0714. The molecule has 0 aromatic heterocycles. The van der Waals surface area contributed by atoms with Crippen molar-refractivity contribution in [2.75, 3.05) is 5.73 Å². The van der Waals surface area contributed by atoms with Crippen LogP contribution in [-0.4, -0.2) is 5.91 Å². The van der Waals surface area contributed by atoms with Gasteiger partial charge in [-0.1, -0.05) is 30.3 Å². The highest BCUT2D eigenvalue weighted by atomic mass is 19.1. The summed E-state index contributed by atoms with van der Waals surface area (Å²) in [6.07, 6.45) is 0. The lowest BCUT2D eigenvalue weighted by atomic mass is 10.1. The molecule has 0 saturated carbocycles. The molecular weight excluding hydrogens is 250 g/mol. The van der Waals surface area contributed by atoms with Crippen LogP contribution in [0.5, 0.6) is 0 Å². The Hall–Kier alpha value is -2.43. The molecule has 3 N–H and O–H groups in total. The standard InChI is InChI=1S/C14H12F2N2O/c15-11-7-12(16)13(17)6-10(11)14(19)18-8-9-4-2-1-3-5-9/h1-7H,8,17H2,(H,18,19). The van der Waals surface area contributed by atoms with E-state index in [2.05, 4.69) is 5.32 Å². The molecule has 1 amide bonds. The summed E-state index contributed by atoms with van der Waals surface area (Å²) in [5, 5.41) is 2.55. The van der Waals surface area contributed by atoms with E-state index in [1.807, 2.05) is 30.3 Å². The summed E-state index contributed by atoms with van der Waals surface area (Å²) >= 11 is 0. The molecule has 0 radical (unpaired) electrons. The Morgan fingerprint density at radius 1 is 1.11 bits per heavy atom. The van der Waals surface area contributed by atoms with Crippen LogP contribution in [0.3, 0.4) is 0 Å². The van der Waals surface area contributed by atoms with Crippen molar-refractivity contribution in [3.05, 3.63) is 65.2 Å². The minimum atomic E-state index is -0.933. The van der Waals surface area contributed by atoms with Gasteiger partial charge in [0.15, 0.2) is 0 Å². The molecule has 98 valence electrons. The second kappa shape index (κ2) is 5.48. The first-order valence-corrected chi connectivity index (χ1v) is 5.64. The van der Waals surface area contributed by atoms with E-state index in [4.69, 9.17) is 5.73 Å². The average Bonchev–Trinajstić information content (AvgIpc) is 2.41. The highest BCUT2D eigenvalue weighted by molar-refractivity contribution is 5.95. The second-order valence-corrected chi connectivity index (χ2v) is 4.02. The number of rotatable bonds is 3. The Balaban J connectivity index is 2.10. The minimum Gasteiger partial charge on any atom is -0.396 e. The maximum atomic E-state index is 13.5. The van der Waals surface area contributed by atoms with Crippen LogP contribution in [0.15, 0.2) is 42.5 Å². The molecule has 2 rings (SSSR count). The van der Waals surface area contributed by atoms with Crippen molar-refractivity contribution < 1.29 is 13.6 Å². The van der Waals surface area contributed by atoms with Crippen molar-refractivity contribution >= 4 is 11.6 Å². The molecule has 2 aromatic rings. The van der Waals surface area contributed by atoms with Gasteiger partial charge in [-0.2, -0.15) is 0 Å². The molecule has 0 aliphatic rings. The number of hydrogen-bond donors (Lipinski definition) is 2. The Bertz CT molecular complexity index is 600. The molecule has 0 saturated heterocycles. The molecule has 0 atom stereocenters. The fourth-order valence-corrected chi connectivity index (χ4v) is 1.61. The molecule has 5 heteroatoms. The maximum Gasteiger partial charge on any atom is 0.254 e. The van der Waals surface area contributed by atoms with E-state index in [1.165, 1.54) is 0 Å². The predicted molar refractivity (Wildman–Crippen MR) is 68.4 cm³/mol. The van der Waals surface area contributed by atoms with Gasteiger partial charge in [0.1, 0.15) is 11.6 Å². The number of carbonyl (C=O) groups is 1. The summed E-state index contributed by atoms with van der Waals surface area (Å²) in [5.41, 5.74) is 5.67. The molecule has 2 aromatic carbocycles. The number of halogens is 2. The van der Waals surface area contributed by atoms with Crippen LogP contribution in [0.25, 0.3) is 0 Å². The number of nitrogens with two attached hydrogens (primary N) is 1. The highest BCUT2D eigenvalue weighted by Gasteiger charge is 2.14. The maximum absolute atomic E-state index is 13.5. The SMILES string of the molecule is Nc1cc(C(=O)NCc2ccccc2)c(F)cc1F. The molecular formula is C14H12F2N2O. The van der Waals surface area contributed by atoms with Gasteiger partial charge in [0.25, 0.3) is 5.91 Å². The van der Waals surface area contributed by atoms with E-state index in [0.717, 1.165) is 11.6 Å². The minimum absolute atomic E-state index is 0.258. The molecule has 0 aliphatic carbocycles. The number of nitrogen functional groups attached to an aromatic ring is 1. The Morgan fingerprint density at radius 2 is 1.79 bits per heavy atom. The second-order valence-electron chi connectivity index (χ2n) is 4.02. The molecule has 3 nitrogen and oxygen atoms in total. The number of hydrogen-bond acceptors (Lipinski definition) is 2. The highest BCUT2D eigenvalue weighted by Crippen LogP contribution is 2.16. The van der Waals surface area contributed by atoms with Crippen molar-refractivity contribution in [3.8, 4) is 0 Å². The quantitative estimate of drug-likeness (QED) is 0.835. The molecule has 19 heavy (non-hydrogen) atoms. The van der Waals surface area contributed by atoms with Crippen molar-refractivity contribution in [1.29, 1.82) is 0 Å². The Kier molecular flexibility index (Phi) is 3.75. The normalized spacial score (nSPS) is 10.2. The third kappa shape index (κ3) is 3.07. The number of amides is 1. The summed E-state index contributed by atoms with van der Waals surface area (Å²) in [6, 6.07) is 10.8. The Labute approximate surface area is 109 Å². The molecule has 0 aliphatic heterocycles. The predicted octanol–water partition coefficient (Wildman–Crippen LogP) is 2.48. The van der Waals surface area contributed by atoms with E-state index in [-0.39, 0.29) is 17.8 Å². The smallest absolute Gasteiger partial charge is 0.254 e. The largest absolute Gasteiger partial charge is 0.396 e. The van der Waals surface area contributed by atoms with Gasteiger partial charge in [-0.05, 0) is 11.6 Å². The zero-order chi connectivity index (χ0) is 13.8. The van der Waals surface area contributed by atoms with E-state index in [9.17, 15) is 13.6 Å². The van der Waals surface area contributed by atoms with Gasteiger partial charge in [0.05, 0.1) is 11.3 Å². The van der Waals surface area contributed by atoms with E-state index < -0.39 is 17.5 Å². The summed E-state index contributed by atoms with van der Waals surface area (Å²) < 4.78 is 26.4. The van der Waals surface area contributed by atoms with Crippen LogP contribution >= 0.6 is 0 Å². The van der Waals surface area contributed by atoms with E-state index >= 15 is 0 Å². The van der Waals surface area contributed by atoms with Crippen molar-refractivity contribution in [1.82, 2.24) is 5.32 Å². The van der Waals surface area contributed by atoms with Crippen LogP contribution in [0, 0.1) is 11.6 Å². The van der Waals surface area contributed by atoms with Gasteiger partial charge in [0.2, 0.25) is 0 Å². The van der Waals surface area contributed by atoms with Crippen molar-refractivity contribution in [2.24, 2.45) is 0 Å². The van der Waals surface area contributed by atoms with E-state index in [0.29, 0.717) is 6.07 Å². The first-order valence-electron chi connectivity index (χ1n) is 5.64. The molecule has 0 fully saturated rings. The van der Waals surface area contributed by atoms with Gasteiger partial charge < -0.3 is 11.1 Å². The number of benzene rings is 2. The summed E-state index contributed by atoms with van der Waals surface area (Å²) in [7, 11) is 0. The summed E-state index contributed by atoms with van der Waals surface area (Å²) in [6.45, 7) is 0.260. The zero-order valence-electron chi connectivity index (χ0n) is 9.99. The van der Waals surface area contributed by atoms with Crippen LogP contribution in [0.4, 0.5) is 14.5 Å². The number of anilines is 1. The van der Waals surface area contributed by atoms with Gasteiger partial charge in [-0.25, -0.2) is 8.78 Å². The summed E-state index contributed by atoms with van der Waals surface area (Å²) in [4.78, 5) is 11.8. The lowest BCUT2D eigenvalue weighted by molar-refractivity contribution is 0.0947. The lowest BCUT2D eigenvalue weighted by Crippen LogP contribution is -2.24. The number of nitrogens with one attached hydrogen (secondary N) is 1. The van der Waals surface area contributed by atoms with Gasteiger partial charge in [-0.3, -0.25) is 4.79 Å². The zero-order valence-corrected chi connectivity index (χ0v) is 9.99. The topological polar surface area (TPSA) is 55.1 Å². The molecule has 0 spiro atoms. The lowest BCUT2D eigenvalue weighted by Gasteiger charge is -2.07. The van der Waals surface area contributed by atoms with Crippen LogP contribution in [-0.2, 0) is 6.54 Å². The van der Waals surface area contributed by atoms with Crippen molar-refractivity contribution in [3.63, 3.8) is 0 Å². The van der Waals surface area contributed by atoms with Crippen LogP contribution in [0.2, 0.25) is 0 Å². The third-order valence-corrected chi connectivity index (χ3v) is 2.63. The monoisotopic (exact) mass is 262 g/mol. The van der Waals surface area contributed by atoms with Gasteiger partial charge in [0, 0.05) is 12.6 Å². The molecule has 0 heterocycles. The first kappa shape index (κ1) is 13.0. The molecule has 0 unspecified atom stereocenters. The fourth-order valence-electron chi connectivity index (χ4n) is 1.61. The van der Waals surface area contributed by atoms with E-state index in [1.54, 1.807) is 0 Å². The third-order valence-electron chi connectivity index (χ3n) is 2.63. The summed E-state index contributed by atoms with van der Waals surface area (Å²) in [5.74, 6) is -2.44. The first-order chi connectivity index (χ1) is 9.08. The number of carbonyl (C=O) groups excluding carboxylic acids is 1.